The van der Waals surface area contributed by atoms with Gasteiger partial charge in [0.25, 0.3) is 0 Å². The van der Waals surface area contributed by atoms with Crippen molar-refractivity contribution in [1.29, 1.82) is 5.26 Å². The zero-order chi connectivity index (χ0) is 15.1. The minimum atomic E-state index is -0.120. The highest BCUT2D eigenvalue weighted by Gasteiger charge is 2.11. The van der Waals surface area contributed by atoms with Gasteiger partial charge < -0.3 is 9.40 Å². The molecule has 0 aliphatic rings. The molecule has 2 heterocycles. The maximum absolute atomic E-state index is 12.3. The van der Waals surface area contributed by atoms with Crippen molar-refractivity contribution in [3.8, 4) is 17.4 Å². The Morgan fingerprint density at radius 3 is 2.73 bits per heavy atom. The van der Waals surface area contributed by atoms with E-state index in [2.05, 4.69) is 16.0 Å². The smallest absolute Gasteiger partial charge is 0.193 e. The van der Waals surface area contributed by atoms with Gasteiger partial charge in [-0.3, -0.25) is 4.79 Å². The lowest BCUT2D eigenvalue weighted by Crippen LogP contribution is -2.00. The normalized spacial score (nSPS) is 10.9. The molecule has 5 nitrogen and oxygen atoms in total. The van der Waals surface area contributed by atoms with Crippen LogP contribution in [0.4, 0.5) is 0 Å². The highest BCUT2D eigenvalue weighted by molar-refractivity contribution is 6.00. The van der Waals surface area contributed by atoms with Crippen molar-refractivity contribution in [1.82, 2.24) is 9.97 Å². The Hall–Kier alpha value is -3.39. The maximum Gasteiger partial charge on any atom is 0.193 e. The van der Waals surface area contributed by atoms with E-state index in [1.807, 2.05) is 6.07 Å². The van der Waals surface area contributed by atoms with Crippen molar-refractivity contribution >= 4 is 22.0 Å². The fourth-order valence-electron chi connectivity index (χ4n) is 2.47. The number of imidazole rings is 1. The highest BCUT2D eigenvalue weighted by Crippen LogP contribution is 2.26. The molecule has 2 aromatic heterocycles. The molecule has 104 valence electrons. The number of nitrogens with zero attached hydrogens (tertiary/aromatic N) is 2. The summed E-state index contributed by atoms with van der Waals surface area (Å²) in [4.78, 5) is 19.5. The molecule has 0 unspecified atom stereocenters. The molecule has 0 aliphatic heterocycles. The van der Waals surface area contributed by atoms with E-state index in [-0.39, 0.29) is 5.43 Å². The van der Waals surface area contributed by atoms with E-state index < -0.39 is 0 Å². The fourth-order valence-corrected chi connectivity index (χ4v) is 2.47. The molecule has 0 spiro atoms. The Morgan fingerprint density at radius 1 is 1.14 bits per heavy atom. The standard InChI is InChI=1S/C17H9N3O2/c18-8-10-1-3-11(4-2-10)15-7-14(21)12-5-6-13-16(17(12)22-15)20-9-19-13/h1-7,9H,(H,19,20). The van der Waals surface area contributed by atoms with E-state index in [9.17, 15) is 4.79 Å². The van der Waals surface area contributed by atoms with Crippen LogP contribution >= 0.6 is 0 Å². The number of nitrogens with one attached hydrogen (secondary N) is 1. The topological polar surface area (TPSA) is 82.7 Å². The first-order valence-corrected chi connectivity index (χ1v) is 6.67. The van der Waals surface area contributed by atoms with Crippen LogP contribution in [0.5, 0.6) is 0 Å². The van der Waals surface area contributed by atoms with Crippen LogP contribution in [-0.4, -0.2) is 9.97 Å². The Kier molecular flexibility index (Phi) is 2.57. The molecule has 0 aliphatic carbocycles. The van der Waals surface area contributed by atoms with Crippen molar-refractivity contribution in [2.45, 2.75) is 0 Å². The minimum absolute atomic E-state index is 0.120. The van der Waals surface area contributed by atoms with Crippen molar-refractivity contribution in [3.63, 3.8) is 0 Å². The fraction of sp³-hybridized carbons (Fsp3) is 0. The zero-order valence-corrected chi connectivity index (χ0v) is 11.3. The number of aromatic amines is 1. The first-order chi connectivity index (χ1) is 10.8. The number of nitriles is 1. The number of benzene rings is 2. The van der Waals surface area contributed by atoms with Gasteiger partial charge in [-0.25, -0.2) is 4.98 Å². The van der Waals surface area contributed by atoms with Crippen molar-refractivity contribution in [2.75, 3.05) is 0 Å². The third-order valence-electron chi connectivity index (χ3n) is 3.58. The summed E-state index contributed by atoms with van der Waals surface area (Å²) in [6, 6.07) is 13.9. The number of rotatable bonds is 1. The lowest BCUT2D eigenvalue weighted by Gasteiger charge is -2.04. The van der Waals surface area contributed by atoms with Crippen LogP contribution in [0.3, 0.4) is 0 Å². The van der Waals surface area contributed by atoms with Crippen molar-refractivity contribution in [3.05, 3.63) is 64.6 Å². The summed E-state index contributed by atoms with van der Waals surface area (Å²) in [6.07, 6.45) is 1.57. The molecule has 1 N–H and O–H groups in total. The predicted octanol–water partition coefficient (Wildman–Crippen LogP) is 3.21. The number of hydrogen-bond acceptors (Lipinski definition) is 4. The minimum Gasteiger partial charge on any atom is -0.453 e. The summed E-state index contributed by atoms with van der Waals surface area (Å²) in [7, 11) is 0. The molecule has 4 aromatic rings. The van der Waals surface area contributed by atoms with E-state index in [1.54, 1.807) is 36.7 Å². The van der Waals surface area contributed by atoms with E-state index in [0.717, 1.165) is 11.1 Å². The average Bonchev–Trinajstić information content (AvgIpc) is 3.04. The molecule has 0 saturated heterocycles. The molecule has 0 fully saturated rings. The van der Waals surface area contributed by atoms with E-state index in [1.165, 1.54) is 6.07 Å². The SMILES string of the molecule is N#Cc1ccc(-c2cc(=O)c3ccc4[nH]cnc4c3o2)cc1. The summed E-state index contributed by atoms with van der Waals surface area (Å²) in [5.74, 6) is 0.456. The average molecular weight is 287 g/mol. The van der Waals surface area contributed by atoms with Crippen LogP contribution in [0.1, 0.15) is 5.56 Å². The lowest BCUT2D eigenvalue weighted by atomic mass is 10.1. The number of fused-ring (bicyclic) bond motifs is 3. The van der Waals surface area contributed by atoms with Crippen LogP contribution in [0, 0.1) is 11.3 Å². The third kappa shape index (κ3) is 1.79. The predicted molar refractivity (Wildman–Crippen MR) is 82.3 cm³/mol. The summed E-state index contributed by atoms with van der Waals surface area (Å²) in [6.45, 7) is 0. The van der Waals surface area contributed by atoms with Crippen molar-refractivity contribution in [2.24, 2.45) is 0 Å². The number of aromatic nitrogens is 2. The van der Waals surface area contributed by atoms with Gasteiger partial charge in [0.1, 0.15) is 11.3 Å². The van der Waals surface area contributed by atoms with Gasteiger partial charge in [0, 0.05) is 11.6 Å². The maximum atomic E-state index is 12.3. The summed E-state index contributed by atoms with van der Waals surface area (Å²) < 4.78 is 5.91. The van der Waals surface area contributed by atoms with Gasteiger partial charge in [-0.05, 0) is 36.4 Å². The molecular weight excluding hydrogens is 278 g/mol. The molecule has 0 bridgehead atoms. The largest absolute Gasteiger partial charge is 0.453 e. The Balaban J connectivity index is 2.02. The number of H-pyrrole nitrogens is 1. The second kappa shape index (κ2) is 4.57. The van der Waals surface area contributed by atoms with Crippen LogP contribution in [0.25, 0.3) is 33.3 Å². The second-order valence-corrected chi connectivity index (χ2v) is 4.91. The summed E-state index contributed by atoms with van der Waals surface area (Å²) in [5, 5.41) is 9.34. The molecule has 5 heteroatoms. The van der Waals surface area contributed by atoms with Gasteiger partial charge in [0.05, 0.1) is 28.9 Å². The Labute approximate surface area is 124 Å². The molecule has 0 amide bonds. The quantitative estimate of drug-likeness (QED) is 0.582. The molecule has 0 saturated carbocycles. The molecule has 0 atom stereocenters. The van der Waals surface area contributed by atoms with Crippen LogP contribution in [0.15, 0.2) is 58.0 Å². The number of hydrogen-bond donors (Lipinski definition) is 1. The first kappa shape index (κ1) is 12.4. The van der Waals surface area contributed by atoms with Gasteiger partial charge in [0.15, 0.2) is 11.0 Å². The monoisotopic (exact) mass is 287 g/mol. The van der Waals surface area contributed by atoms with E-state index in [0.29, 0.717) is 27.8 Å². The van der Waals surface area contributed by atoms with E-state index in [4.69, 9.17) is 9.68 Å². The summed E-state index contributed by atoms with van der Waals surface area (Å²) >= 11 is 0. The summed E-state index contributed by atoms with van der Waals surface area (Å²) in [5.41, 5.74) is 3.08. The molecule has 4 rings (SSSR count). The van der Waals surface area contributed by atoms with Crippen molar-refractivity contribution < 1.29 is 4.42 Å². The molecule has 22 heavy (non-hydrogen) atoms. The van der Waals surface area contributed by atoms with Crippen LogP contribution < -0.4 is 5.43 Å². The first-order valence-electron chi connectivity index (χ1n) is 6.67. The molecular formula is C17H9N3O2. The van der Waals surface area contributed by atoms with Gasteiger partial charge in [0.2, 0.25) is 0 Å². The van der Waals surface area contributed by atoms with Gasteiger partial charge in [-0.15, -0.1) is 0 Å². The Morgan fingerprint density at radius 2 is 1.95 bits per heavy atom. The zero-order valence-electron chi connectivity index (χ0n) is 11.3. The van der Waals surface area contributed by atoms with Gasteiger partial charge >= 0.3 is 0 Å². The third-order valence-corrected chi connectivity index (χ3v) is 3.58. The van der Waals surface area contributed by atoms with Gasteiger partial charge in [-0.2, -0.15) is 5.26 Å². The molecule has 0 radical (unpaired) electrons. The lowest BCUT2D eigenvalue weighted by molar-refractivity contribution is 0.622. The highest BCUT2D eigenvalue weighted by atomic mass is 16.3. The van der Waals surface area contributed by atoms with Gasteiger partial charge in [-0.1, -0.05) is 0 Å². The van der Waals surface area contributed by atoms with Crippen LogP contribution in [-0.2, 0) is 0 Å². The second-order valence-electron chi connectivity index (χ2n) is 4.91. The molecule has 2 aromatic carbocycles. The Bertz CT molecular complexity index is 1100. The van der Waals surface area contributed by atoms with E-state index >= 15 is 0 Å². The van der Waals surface area contributed by atoms with Crippen LogP contribution in [0.2, 0.25) is 0 Å².